The molecular formula is C12H18N2O2S. The maximum absolute atomic E-state index is 5.46. The Bertz CT molecular complexity index is 352. The van der Waals surface area contributed by atoms with Crippen LogP contribution in [0.5, 0.6) is 5.88 Å². The molecule has 0 saturated heterocycles. The predicted octanol–water partition coefficient (Wildman–Crippen LogP) is 1.77. The van der Waals surface area contributed by atoms with E-state index >= 15 is 0 Å². The van der Waals surface area contributed by atoms with E-state index in [1.807, 2.05) is 0 Å². The monoisotopic (exact) mass is 254 g/mol. The normalized spacial score (nSPS) is 10.5. The van der Waals surface area contributed by atoms with Crippen molar-refractivity contribution in [2.24, 2.45) is 11.7 Å². The fraction of sp³-hybridized carbons (Fsp3) is 0.500. The maximum Gasteiger partial charge on any atom is 0.213 e. The third-order valence-electron chi connectivity index (χ3n) is 1.95. The maximum atomic E-state index is 5.46. The molecule has 0 unspecified atom stereocenters. The summed E-state index contributed by atoms with van der Waals surface area (Å²) in [6.07, 6.45) is 1.60. The van der Waals surface area contributed by atoms with Crippen molar-refractivity contribution in [3.8, 4) is 5.88 Å². The van der Waals surface area contributed by atoms with Gasteiger partial charge in [-0.1, -0.05) is 26.1 Å². The van der Waals surface area contributed by atoms with Crippen molar-refractivity contribution in [2.75, 3.05) is 19.8 Å². The van der Waals surface area contributed by atoms with Gasteiger partial charge in [-0.25, -0.2) is 4.98 Å². The lowest BCUT2D eigenvalue weighted by Gasteiger charge is -2.08. The molecule has 0 amide bonds. The summed E-state index contributed by atoms with van der Waals surface area (Å²) in [5.74, 6) is 1.09. The van der Waals surface area contributed by atoms with Crippen LogP contribution in [0, 0.1) is 5.92 Å². The molecule has 1 aromatic rings. The minimum atomic E-state index is 0.337. The van der Waals surface area contributed by atoms with Crippen LogP contribution in [0.25, 0.3) is 0 Å². The Hall–Kier alpha value is -1.20. The van der Waals surface area contributed by atoms with Gasteiger partial charge in [0.15, 0.2) is 0 Å². The van der Waals surface area contributed by atoms with E-state index in [0.717, 1.165) is 12.2 Å². The zero-order valence-electron chi connectivity index (χ0n) is 10.2. The van der Waals surface area contributed by atoms with Crippen molar-refractivity contribution in [3.63, 3.8) is 0 Å². The van der Waals surface area contributed by atoms with E-state index < -0.39 is 0 Å². The number of thiocarbonyl (C=S) groups is 1. The van der Waals surface area contributed by atoms with E-state index in [9.17, 15) is 0 Å². The summed E-state index contributed by atoms with van der Waals surface area (Å²) in [6.45, 7) is 6.02. The van der Waals surface area contributed by atoms with Crippen molar-refractivity contribution in [3.05, 3.63) is 23.9 Å². The summed E-state index contributed by atoms with van der Waals surface area (Å²) < 4.78 is 10.8. The average molecular weight is 254 g/mol. The predicted molar refractivity (Wildman–Crippen MR) is 71.3 cm³/mol. The van der Waals surface area contributed by atoms with Crippen LogP contribution < -0.4 is 10.5 Å². The second-order valence-electron chi connectivity index (χ2n) is 4.07. The third kappa shape index (κ3) is 5.60. The summed E-state index contributed by atoms with van der Waals surface area (Å²) in [5, 5.41) is 0. The summed E-state index contributed by atoms with van der Waals surface area (Å²) in [6, 6.07) is 3.54. The van der Waals surface area contributed by atoms with E-state index in [-0.39, 0.29) is 0 Å². The average Bonchev–Trinajstić information content (AvgIpc) is 2.29. The van der Waals surface area contributed by atoms with E-state index in [1.54, 1.807) is 18.3 Å². The Balaban J connectivity index is 2.25. The number of hydrogen-bond donors (Lipinski definition) is 1. The van der Waals surface area contributed by atoms with Crippen LogP contribution in [-0.4, -0.2) is 29.8 Å². The summed E-state index contributed by atoms with van der Waals surface area (Å²) >= 11 is 4.83. The van der Waals surface area contributed by atoms with E-state index in [1.165, 1.54) is 0 Å². The van der Waals surface area contributed by atoms with Crippen molar-refractivity contribution in [2.45, 2.75) is 13.8 Å². The zero-order chi connectivity index (χ0) is 12.7. The summed E-state index contributed by atoms with van der Waals surface area (Å²) in [4.78, 5) is 4.42. The van der Waals surface area contributed by atoms with Gasteiger partial charge >= 0.3 is 0 Å². The van der Waals surface area contributed by atoms with Crippen LogP contribution in [0.1, 0.15) is 19.4 Å². The number of pyridine rings is 1. The molecule has 1 heterocycles. The van der Waals surface area contributed by atoms with E-state index in [2.05, 4.69) is 18.8 Å². The minimum Gasteiger partial charge on any atom is -0.475 e. The van der Waals surface area contributed by atoms with Crippen molar-refractivity contribution in [1.82, 2.24) is 4.98 Å². The topological polar surface area (TPSA) is 57.4 Å². The molecule has 5 heteroatoms. The van der Waals surface area contributed by atoms with Gasteiger partial charge in [0.25, 0.3) is 0 Å². The van der Waals surface area contributed by atoms with E-state index in [0.29, 0.717) is 30.0 Å². The summed E-state index contributed by atoms with van der Waals surface area (Å²) in [5.41, 5.74) is 6.20. The van der Waals surface area contributed by atoms with E-state index in [4.69, 9.17) is 27.4 Å². The molecule has 0 bridgehead atoms. The number of aromatic nitrogens is 1. The Morgan fingerprint density at radius 2 is 2.18 bits per heavy atom. The van der Waals surface area contributed by atoms with Gasteiger partial charge in [0.1, 0.15) is 11.6 Å². The Kier molecular flexibility index (Phi) is 5.86. The van der Waals surface area contributed by atoms with Gasteiger partial charge in [-0.05, 0) is 12.0 Å². The second kappa shape index (κ2) is 7.19. The van der Waals surface area contributed by atoms with Crippen LogP contribution in [0.3, 0.4) is 0 Å². The third-order valence-corrected chi connectivity index (χ3v) is 2.19. The highest BCUT2D eigenvalue weighted by Gasteiger charge is 1.99. The lowest BCUT2D eigenvalue weighted by molar-refractivity contribution is 0.0806. The number of hydrogen-bond acceptors (Lipinski definition) is 4. The second-order valence-corrected chi connectivity index (χ2v) is 4.51. The smallest absolute Gasteiger partial charge is 0.213 e. The van der Waals surface area contributed by atoms with Crippen molar-refractivity contribution in [1.29, 1.82) is 0 Å². The number of nitrogens with two attached hydrogens (primary N) is 1. The summed E-state index contributed by atoms with van der Waals surface area (Å²) in [7, 11) is 0. The standard InChI is InChI=1S/C12H18N2O2S/c1-9(2)8-15-5-6-16-11-4-3-10(7-14-11)12(13)17/h3-4,7,9H,5-6,8H2,1-2H3,(H2,13,17). The molecule has 0 aliphatic rings. The molecule has 4 nitrogen and oxygen atoms in total. The van der Waals surface area contributed by atoms with Gasteiger partial charge in [0.05, 0.1) is 6.61 Å². The molecule has 0 fully saturated rings. The van der Waals surface area contributed by atoms with Gasteiger partial charge in [0, 0.05) is 24.4 Å². The first-order chi connectivity index (χ1) is 8.09. The fourth-order valence-electron chi connectivity index (χ4n) is 1.14. The molecule has 1 rings (SSSR count). The molecule has 0 spiro atoms. The van der Waals surface area contributed by atoms with Gasteiger partial charge in [-0.15, -0.1) is 0 Å². The lowest BCUT2D eigenvalue weighted by atomic mass is 10.2. The van der Waals surface area contributed by atoms with Gasteiger partial charge in [0.2, 0.25) is 5.88 Å². The van der Waals surface area contributed by atoms with Crippen molar-refractivity contribution >= 4 is 17.2 Å². The molecule has 0 saturated carbocycles. The highest BCUT2D eigenvalue weighted by Crippen LogP contribution is 2.07. The van der Waals surface area contributed by atoms with Crippen LogP contribution in [0.2, 0.25) is 0 Å². The Labute approximate surface area is 107 Å². The number of nitrogens with zero attached hydrogens (tertiary/aromatic N) is 1. The van der Waals surface area contributed by atoms with Crippen LogP contribution in [0.4, 0.5) is 0 Å². The number of ether oxygens (including phenoxy) is 2. The first kappa shape index (κ1) is 13.9. The fourth-order valence-corrected chi connectivity index (χ4v) is 1.26. The highest BCUT2D eigenvalue weighted by molar-refractivity contribution is 7.80. The SMILES string of the molecule is CC(C)COCCOc1ccc(C(N)=S)cn1. The highest BCUT2D eigenvalue weighted by atomic mass is 32.1. The Morgan fingerprint density at radius 3 is 2.71 bits per heavy atom. The van der Waals surface area contributed by atoms with Gasteiger partial charge in [-0.2, -0.15) is 0 Å². The van der Waals surface area contributed by atoms with Gasteiger partial charge < -0.3 is 15.2 Å². The molecule has 0 aliphatic heterocycles. The molecular weight excluding hydrogens is 236 g/mol. The molecule has 0 aliphatic carbocycles. The molecule has 1 aromatic heterocycles. The molecule has 17 heavy (non-hydrogen) atoms. The Morgan fingerprint density at radius 1 is 1.41 bits per heavy atom. The quantitative estimate of drug-likeness (QED) is 0.593. The van der Waals surface area contributed by atoms with Gasteiger partial charge in [-0.3, -0.25) is 0 Å². The lowest BCUT2D eigenvalue weighted by Crippen LogP contribution is -2.12. The molecule has 0 atom stereocenters. The van der Waals surface area contributed by atoms with Crippen LogP contribution >= 0.6 is 12.2 Å². The zero-order valence-corrected chi connectivity index (χ0v) is 11.0. The molecule has 0 aromatic carbocycles. The van der Waals surface area contributed by atoms with Crippen LogP contribution in [0.15, 0.2) is 18.3 Å². The minimum absolute atomic E-state index is 0.337. The largest absolute Gasteiger partial charge is 0.475 e. The molecule has 94 valence electrons. The molecule has 0 radical (unpaired) electrons. The number of rotatable bonds is 7. The van der Waals surface area contributed by atoms with Crippen LogP contribution in [-0.2, 0) is 4.74 Å². The first-order valence-electron chi connectivity index (χ1n) is 5.56. The molecule has 2 N–H and O–H groups in total. The first-order valence-corrected chi connectivity index (χ1v) is 5.97. The van der Waals surface area contributed by atoms with Crippen molar-refractivity contribution < 1.29 is 9.47 Å².